The summed E-state index contributed by atoms with van der Waals surface area (Å²) in [5.41, 5.74) is 2.95. The van der Waals surface area contributed by atoms with Crippen molar-refractivity contribution in [3.05, 3.63) is 117 Å². The van der Waals surface area contributed by atoms with Crippen LogP contribution in [0.15, 0.2) is 101 Å². The molecule has 4 nitrogen and oxygen atoms in total. The molecule has 154 valence electrons. The third-order valence-electron chi connectivity index (χ3n) is 4.76. The number of thiazole rings is 1. The van der Waals surface area contributed by atoms with Crippen LogP contribution in [-0.4, -0.2) is 9.67 Å². The largest absolute Gasteiger partial charge is 0.493 e. The van der Waals surface area contributed by atoms with Crippen LogP contribution in [0.2, 0.25) is 0 Å². The van der Waals surface area contributed by atoms with Crippen molar-refractivity contribution in [2.24, 2.45) is 9.98 Å². The van der Waals surface area contributed by atoms with Gasteiger partial charge >= 0.3 is 0 Å². The lowest BCUT2D eigenvalue weighted by atomic mass is 10.2. The maximum Gasteiger partial charge on any atom is 0.211 e. The molecule has 0 radical (unpaired) electrons. The summed E-state index contributed by atoms with van der Waals surface area (Å²) in [4.78, 5) is 10.6. The fraction of sp³-hybridized carbons (Fsp3) is 0.0769. The molecule has 5 heteroatoms. The summed E-state index contributed by atoms with van der Waals surface area (Å²) in [6.07, 6.45) is 13.5. The first-order chi connectivity index (χ1) is 15.2. The second-order valence-corrected chi connectivity index (χ2v) is 8.00. The molecular weight excluding hydrogens is 402 g/mol. The highest BCUT2D eigenvalue weighted by molar-refractivity contribution is 7.10. The van der Waals surface area contributed by atoms with Crippen molar-refractivity contribution in [3.8, 4) is 5.88 Å². The van der Waals surface area contributed by atoms with E-state index in [9.17, 15) is 5.11 Å². The number of nitrogens with zero attached hydrogens (tertiary/aromatic N) is 3. The number of rotatable bonds is 6. The summed E-state index contributed by atoms with van der Waals surface area (Å²) < 4.78 is 1.83. The molecule has 2 aromatic carbocycles. The van der Waals surface area contributed by atoms with Crippen molar-refractivity contribution in [1.82, 2.24) is 4.57 Å². The van der Waals surface area contributed by atoms with Crippen molar-refractivity contribution in [2.45, 2.75) is 13.5 Å². The fourth-order valence-corrected chi connectivity index (χ4v) is 4.33. The van der Waals surface area contributed by atoms with Crippen molar-refractivity contribution >= 4 is 29.2 Å². The second-order valence-electron chi connectivity index (χ2n) is 6.99. The van der Waals surface area contributed by atoms with E-state index in [1.54, 1.807) is 12.3 Å². The number of aromatic nitrogens is 1. The molecule has 1 aliphatic heterocycles. The molecule has 4 rings (SSSR count). The predicted molar refractivity (Wildman–Crippen MR) is 129 cm³/mol. The van der Waals surface area contributed by atoms with E-state index in [1.807, 2.05) is 84.3 Å². The molecule has 31 heavy (non-hydrogen) atoms. The summed E-state index contributed by atoms with van der Waals surface area (Å²) in [6, 6.07) is 15.8. The molecule has 0 saturated heterocycles. The zero-order valence-electron chi connectivity index (χ0n) is 17.3. The zero-order chi connectivity index (χ0) is 21.6. The smallest absolute Gasteiger partial charge is 0.211 e. The van der Waals surface area contributed by atoms with Crippen molar-refractivity contribution < 1.29 is 5.11 Å². The van der Waals surface area contributed by atoms with Crippen molar-refractivity contribution in [2.75, 3.05) is 0 Å². The van der Waals surface area contributed by atoms with E-state index < -0.39 is 0 Å². The van der Waals surface area contributed by atoms with Gasteiger partial charge in [0, 0.05) is 11.8 Å². The van der Waals surface area contributed by atoms with E-state index in [2.05, 4.69) is 17.6 Å². The third-order valence-corrected chi connectivity index (χ3v) is 5.77. The summed E-state index contributed by atoms with van der Waals surface area (Å²) >= 11 is 1.46. The average Bonchev–Trinajstić information content (AvgIpc) is 3.35. The van der Waals surface area contributed by atoms with Gasteiger partial charge in [-0.2, -0.15) is 0 Å². The summed E-state index contributed by atoms with van der Waals surface area (Å²) in [5, 5.41) is 13.1. The number of para-hydroxylation sites is 1. The Hall–Kier alpha value is -3.70. The minimum Gasteiger partial charge on any atom is -0.493 e. The van der Waals surface area contributed by atoms with E-state index in [0.29, 0.717) is 6.54 Å². The highest BCUT2D eigenvalue weighted by atomic mass is 32.1. The molecular formula is C26H23N3OS. The Morgan fingerprint density at radius 3 is 2.84 bits per heavy atom. The maximum absolute atomic E-state index is 11.1. The first-order valence-corrected chi connectivity index (χ1v) is 10.8. The Labute approximate surface area is 185 Å². The highest BCUT2D eigenvalue weighted by Crippen LogP contribution is 2.23. The van der Waals surface area contributed by atoms with E-state index in [1.165, 1.54) is 11.3 Å². The van der Waals surface area contributed by atoms with Crippen LogP contribution in [0.1, 0.15) is 17.4 Å². The van der Waals surface area contributed by atoms with Crippen LogP contribution in [0.3, 0.4) is 0 Å². The number of hydrogen-bond acceptors (Lipinski definition) is 4. The number of fused-ring (bicyclic) bond motifs is 1. The van der Waals surface area contributed by atoms with Crippen molar-refractivity contribution in [1.29, 1.82) is 0 Å². The minimum absolute atomic E-state index is 0.194. The maximum atomic E-state index is 11.1. The monoisotopic (exact) mass is 425 g/mol. The molecule has 1 aliphatic rings. The number of hydrogen-bond donors (Lipinski definition) is 1. The van der Waals surface area contributed by atoms with Gasteiger partial charge in [0.05, 0.1) is 22.5 Å². The second kappa shape index (κ2) is 9.41. The standard InChI is InChI=1S/C26H23N3OS/c1-3-8-19(9-4-2)18-29-25(30)24(31-26(29)28-22-10-6-5-7-11-22)17-20-12-13-23-21(16-20)14-15-27-23/h3-17,30H,1,18H2,2H3/b9-4-,19-8+,20-17?,28-26?. The molecule has 2 heterocycles. The fourth-order valence-electron chi connectivity index (χ4n) is 3.33. The highest BCUT2D eigenvalue weighted by Gasteiger charge is 2.12. The van der Waals surface area contributed by atoms with Gasteiger partial charge < -0.3 is 5.11 Å². The van der Waals surface area contributed by atoms with Crippen LogP contribution >= 0.6 is 11.3 Å². The number of benzene rings is 2. The van der Waals surface area contributed by atoms with Gasteiger partial charge in [-0.1, -0.05) is 66.5 Å². The molecule has 3 aromatic rings. The molecule has 0 bridgehead atoms. The van der Waals surface area contributed by atoms with Crippen molar-refractivity contribution in [3.63, 3.8) is 0 Å². The van der Waals surface area contributed by atoms with Crippen LogP contribution in [0.25, 0.3) is 12.2 Å². The Kier molecular flexibility index (Phi) is 6.24. The Balaban J connectivity index is 1.86. The Bertz CT molecular complexity index is 1390. The van der Waals surface area contributed by atoms with Crippen LogP contribution in [0.5, 0.6) is 5.88 Å². The van der Waals surface area contributed by atoms with Gasteiger partial charge in [-0.15, -0.1) is 0 Å². The molecule has 0 saturated carbocycles. The Morgan fingerprint density at radius 1 is 1.23 bits per heavy atom. The molecule has 0 unspecified atom stereocenters. The third kappa shape index (κ3) is 4.73. The molecule has 1 N–H and O–H groups in total. The van der Waals surface area contributed by atoms with E-state index in [0.717, 1.165) is 37.1 Å². The van der Waals surface area contributed by atoms with Crippen LogP contribution in [0.4, 0.5) is 5.69 Å². The lowest BCUT2D eigenvalue weighted by Gasteiger charge is -2.06. The quantitative estimate of drug-likeness (QED) is 0.576. The van der Waals surface area contributed by atoms with E-state index >= 15 is 0 Å². The van der Waals surface area contributed by atoms with Gasteiger partial charge in [-0.25, -0.2) is 4.99 Å². The Morgan fingerprint density at radius 2 is 2.06 bits per heavy atom. The lowest BCUT2D eigenvalue weighted by molar-refractivity contribution is 0.419. The first kappa shape index (κ1) is 20.6. The zero-order valence-corrected chi connectivity index (χ0v) is 18.1. The first-order valence-electron chi connectivity index (χ1n) is 10.0. The SMILES string of the molecule is C=C/C=C(\C=C/C)Cn1c(O)c(C=c2ccc3c(c2)C=CN=3)sc1=Nc1ccccc1. The minimum atomic E-state index is 0.194. The molecule has 0 fully saturated rings. The lowest BCUT2D eigenvalue weighted by Crippen LogP contribution is -2.15. The van der Waals surface area contributed by atoms with Crippen LogP contribution < -0.4 is 15.4 Å². The van der Waals surface area contributed by atoms with Gasteiger partial charge in [0.1, 0.15) is 0 Å². The van der Waals surface area contributed by atoms with Gasteiger partial charge in [-0.3, -0.25) is 9.56 Å². The average molecular weight is 426 g/mol. The molecule has 0 spiro atoms. The van der Waals surface area contributed by atoms with Crippen LogP contribution in [-0.2, 0) is 6.54 Å². The van der Waals surface area contributed by atoms with Crippen LogP contribution in [0, 0.1) is 0 Å². The normalized spacial score (nSPS) is 14.3. The van der Waals surface area contributed by atoms with Gasteiger partial charge in [-0.05, 0) is 54.1 Å². The topological polar surface area (TPSA) is 49.9 Å². The number of aromatic hydroxyl groups is 1. The van der Waals surface area contributed by atoms with E-state index in [4.69, 9.17) is 4.99 Å². The molecule has 0 aliphatic carbocycles. The number of allylic oxidation sites excluding steroid dienone is 5. The summed E-state index contributed by atoms with van der Waals surface area (Å²) in [5.74, 6) is 0.194. The van der Waals surface area contributed by atoms with Gasteiger partial charge in [0.25, 0.3) is 0 Å². The molecule has 0 amide bonds. The summed E-state index contributed by atoms with van der Waals surface area (Å²) in [6.45, 7) is 6.26. The van der Waals surface area contributed by atoms with E-state index in [-0.39, 0.29) is 5.88 Å². The predicted octanol–water partition coefficient (Wildman–Crippen LogP) is 4.61. The van der Waals surface area contributed by atoms with Gasteiger partial charge in [0.2, 0.25) is 5.88 Å². The van der Waals surface area contributed by atoms with Gasteiger partial charge in [0.15, 0.2) is 4.80 Å². The molecule has 0 atom stereocenters. The summed E-state index contributed by atoms with van der Waals surface area (Å²) in [7, 11) is 0. The molecule has 1 aromatic heterocycles.